The SMILES string of the molecule is O=C(O)[C@@]12CCC[C@H]1CN(c1nc(C3CCCCC3)ns1)C2. The fraction of sp³-hybridized carbons (Fsp3) is 0.812. The number of carboxylic acid groups (broad SMARTS) is 1. The van der Waals surface area contributed by atoms with Crippen LogP contribution in [0.15, 0.2) is 0 Å². The van der Waals surface area contributed by atoms with Crippen LogP contribution in [0, 0.1) is 11.3 Å². The fourth-order valence-electron chi connectivity index (χ4n) is 4.67. The summed E-state index contributed by atoms with van der Waals surface area (Å²) in [6.07, 6.45) is 9.22. The highest BCUT2D eigenvalue weighted by Crippen LogP contribution is 2.50. The van der Waals surface area contributed by atoms with Crippen LogP contribution in [-0.4, -0.2) is 33.5 Å². The molecular formula is C16H23N3O2S. The van der Waals surface area contributed by atoms with Gasteiger partial charge in [0.2, 0.25) is 5.13 Å². The quantitative estimate of drug-likeness (QED) is 0.925. The number of nitrogens with zero attached hydrogens (tertiary/aromatic N) is 3. The largest absolute Gasteiger partial charge is 0.481 e. The summed E-state index contributed by atoms with van der Waals surface area (Å²) in [6, 6.07) is 0. The lowest BCUT2D eigenvalue weighted by molar-refractivity contribution is -0.149. The molecule has 3 aliphatic rings. The third-order valence-electron chi connectivity index (χ3n) is 5.97. The van der Waals surface area contributed by atoms with Crippen molar-refractivity contribution in [2.24, 2.45) is 11.3 Å². The summed E-state index contributed by atoms with van der Waals surface area (Å²) < 4.78 is 4.59. The van der Waals surface area contributed by atoms with Gasteiger partial charge in [0.1, 0.15) is 5.82 Å². The first-order chi connectivity index (χ1) is 10.7. The summed E-state index contributed by atoms with van der Waals surface area (Å²) in [7, 11) is 0. The highest BCUT2D eigenvalue weighted by molar-refractivity contribution is 7.09. The Morgan fingerprint density at radius 1 is 1.23 bits per heavy atom. The van der Waals surface area contributed by atoms with Crippen molar-refractivity contribution in [2.75, 3.05) is 18.0 Å². The Hall–Kier alpha value is -1.17. The summed E-state index contributed by atoms with van der Waals surface area (Å²) in [5.74, 6) is 1.19. The second-order valence-electron chi connectivity index (χ2n) is 7.20. The zero-order chi connectivity index (χ0) is 15.2. The van der Waals surface area contributed by atoms with E-state index < -0.39 is 11.4 Å². The van der Waals surface area contributed by atoms with Gasteiger partial charge < -0.3 is 10.0 Å². The van der Waals surface area contributed by atoms with Crippen LogP contribution in [0.5, 0.6) is 0 Å². The minimum Gasteiger partial charge on any atom is -0.481 e. The summed E-state index contributed by atoms with van der Waals surface area (Å²) >= 11 is 1.46. The fourth-order valence-corrected chi connectivity index (χ4v) is 5.42. The number of hydrogen-bond acceptors (Lipinski definition) is 5. The minimum atomic E-state index is -0.616. The Morgan fingerprint density at radius 3 is 2.77 bits per heavy atom. The number of aliphatic carboxylic acids is 1. The minimum absolute atomic E-state index is 0.284. The molecule has 22 heavy (non-hydrogen) atoms. The lowest BCUT2D eigenvalue weighted by atomic mass is 9.81. The summed E-state index contributed by atoms with van der Waals surface area (Å²) in [5.41, 5.74) is -0.531. The van der Waals surface area contributed by atoms with Crippen molar-refractivity contribution in [1.29, 1.82) is 0 Å². The zero-order valence-electron chi connectivity index (χ0n) is 12.8. The highest BCUT2D eigenvalue weighted by Gasteiger charge is 2.55. The molecular weight excluding hydrogens is 298 g/mol. The van der Waals surface area contributed by atoms with E-state index in [1.165, 1.54) is 43.6 Å². The van der Waals surface area contributed by atoms with Gasteiger partial charge in [-0.2, -0.15) is 4.37 Å². The van der Waals surface area contributed by atoms with Crippen molar-refractivity contribution >= 4 is 22.6 Å². The first-order valence-electron chi connectivity index (χ1n) is 8.51. The van der Waals surface area contributed by atoms with Crippen molar-refractivity contribution in [3.8, 4) is 0 Å². The number of anilines is 1. The lowest BCUT2D eigenvalue weighted by Gasteiger charge is -2.23. The normalized spacial score (nSPS) is 32.4. The molecule has 2 aliphatic carbocycles. The number of hydrogen-bond donors (Lipinski definition) is 1. The predicted octanol–water partition coefficient (Wildman–Crippen LogP) is 3.28. The molecule has 6 heteroatoms. The lowest BCUT2D eigenvalue weighted by Crippen LogP contribution is -2.35. The number of carbonyl (C=O) groups is 1. The van der Waals surface area contributed by atoms with Crippen molar-refractivity contribution in [1.82, 2.24) is 9.36 Å². The van der Waals surface area contributed by atoms with Crippen molar-refractivity contribution in [3.63, 3.8) is 0 Å². The molecule has 120 valence electrons. The molecule has 1 aromatic heterocycles. The second kappa shape index (κ2) is 5.48. The van der Waals surface area contributed by atoms with Gasteiger partial charge in [-0.3, -0.25) is 4.79 Å². The Balaban J connectivity index is 1.52. The van der Waals surface area contributed by atoms with E-state index in [0.717, 1.165) is 36.8 Å². The summed E-state index contributed by atoms with van der Waals surface area (Å²) in [4.78, 5) is 18.7. The number of fused-ring (bicyclic) bond motifs is 1. The molecule has 2 atom stereocenters. The van der Waals surface area contributed by atoms with Crippen LogP contribution in [0.3, 0.4) is 0 Å². The Bertz CT molecular complexity index is 569. The zero-order valence-corrected chi connectivity index (χ0v) is 13.6. The first-order valence-corrected chi connectivity index (χ1v) is 9.28. The predicted molar refractivity (Wildman–Crippen MR) is 85.4 cm³/mol. The van der Waals surface area contributed by atoms with E-state index in [2.05, 4.69) is 9.27 Å². The first kappa shape index (κ1) is 14.4. The van der Waals surface area contributed by atoms with Gasteiger partial charge in [-0.05, 0) is 31.6 Å². The van der Waals surface area contributed by atoms with Gasteiger partial charge in [0.05, 0.1) is 5.41 Å². The Morgan fingerprint density at radius 2 is 2.05 bits per heavy atom. The molecule has 0 radical (unpaired) electrons. The molecule has 0 amide bonds. The molecule has 0 spiro atoms. The maximum Gasteiger partial charge on any atom is 0.311 e. The molecule has 0 aromatic carbocycles. The van der Waals surface area contributed by atoms with Gasteiger partial charge in [-0.25, -0.2) is 4.98 Å². The molecule has 1 aliphatic heterocycles. The molecule has 2 saturated carbocycles. The summed E-state index contributed by atoms with van der Waals surface area (Å²) in [6.45, 7) is 1.46. The monoisotopic (exact) mass is 321 g/mol. The van der Waals surface area contributed by atoms with Gasteiger partial charge in [0.25, 0.3) is 0 Å². The van der Waals surface area contributed by atoms with E-state index in [4.69, 9.17) is 4.98 Å². The third-order valence-corrected chi connectivity index (χ3v) is 6.76. The molecule has 2 heterocycles. The van der Waals surface area contributed by atoms with Crippen LogP contribution in [-0.2, 0) is 4.79 Å². The van der Waals surface area contributed by atoms with Crippen LogP contribution < -0.4 is 4.90 Å². The highest BCUT2D eigenvalue weighted by atomic mass is 32.1. The molecule has 0 unspecified atom stereocenters. The van der Waals surface area contributed by atoms with Gasteiger partial charge in [0.15, 0.2) is 0 Å². The third kappa shape index (κ3) is 2.23. The molecule has 1 N–H and O–H groups in total. The Labute approximate surface area is 134 Å². The molecule has 1 aromatic rings. The van der Waals surface area contributed by atoms with E-state index in [0.29, 0.717) is 12.5 Å². The molecule has 5 nitrogen and oxygen atoms in total. The van der Waals surface area contributed by atoms with Gasteiger partial charge in [-0.1, -0.05) is 25.7 Å². The van der Waals surface area contributed by atoms with Gasteiger partial charge >= 0.3 is 5.97 Å². The summed E-state index contributed by atoms with van der Waals surface area (Å²) in [5, 5.41) is 10.6. The number of rotatable bonds is 3. The van der Waals surface area contributed by atoms with Crippen LogP contribution in [0.2, 0.25) is 0 Å². The average molecular weight is 321 g/mol. The van der Waals surface area contributed by atoms with Gasteiger partial charge in [-0.15, -0.1) is 0 Å². The maximum atomic E-state index is 11.8. The van der Waals surface area contributed by atoms with E-state index in [9.17, 15) is 9.90 Å². The molecule has 4 rings (SSSR count). The van der Waals surface area contributed by atoms with Crippen LogP contribution >= 0.6 is 11.5 Å². The smallest absolute Gasteiger partial charge is 0.311 e. The van der Waals surface area contributed by atoms with Gasteiger partial charge in [0, 0.05) is 30.5 Å². The van der Waals surface area contributed by atoms with Crippen molar-refractivity contribution in [3.05, 3.63) is 5.82 Å². The van der Waals surface area contributed by atoms with E-state index in [-0.39, 0.29) is 5.92 Å². The second-order valence-corrected chi connectivity index (χ2v) is 7.93. The van der Waals surface area contributed by atoms with E-state index in [1.54, 1.807) is 0 Å². The standard InChI is InChI=1S/C16H23N3O2S/c20-14(21)16-8-4-7-12(16)9-19(10-16)15-17-13(18-22-15)11-5-2-1-3-6-11/h11-12H,1-10H2,(H,20,21)/t12-,16+/m0/s1. The molecule has 3 fully saturated rings. The van der Waals surface area contributed by atoms with Crippen LogP contribution in [0.1, 0.15) is 63.1 Å². The van der Waals surface area contributed by atoms with E-state index >= 15 is 0 Å². The molecule has 0 bridgehead atoms. The van der Waals surface area contributed by atoms with Crippen molar-refractivity contribution < 1.29 is 9.90 Å². The van der Waals surface area contributed by atoms with Crippen LogP contribution in [0.4, 0.5) is 5.13 Å². The van der Waals surface area contributed by atoms with E-state index in [1.807, 2.05) is 0 Å². The maximum absolute atomic E-state index is 11.8. The topological polar surface area (TPSA) is 66.3 Å². The average Bonchev–Trinajstić information content (AvgIpc) is 3.21. The van der Waals surface area contributed by atoms with Crippen LogP contribution in [0.25, 0.3) is 0 Å². The number of carboxylic acids is 1. The Kier molecular flexibility index (Phi) is 3.59. The van der Waals surface area contributed by atoms with Crippen molar-refractivity contribution in [2.45, 2.75) is 57.3 Å². The molecule has 1 saturated heterocycles. The number of aromatic nitrogens is 2.